The second-order valence-electron chi connectivity index (χ2n) is 0.247. The van der Waals surface area contributed by atoms with Crippen molar-refractivity contribution in [2.24, 2.45) is 0 Å². The molecule has 0 unspecified atom stereocenters. The Hall–Kier alpha value is 2.43. The van der Waals surface area contributed by atoms with Crippen molar-refractivity contribution in [2.45, 2.75) is 0 Å². The standard InChI is InChI=1S/4ClH.2Ga/h4*1H;;/q;;;;+1;+3/p-4. The van der Waals surface area contributed by atoms with Gasteiger partial charge in [-0.1, -0.05) is 0 Å². The molecule has 0 aliphatic rings. The van der Waals surface area contributed by atoms with E-state index in [0.717, 1.165) is 17.6 Å². The molecule has 0 aromatic rings. The van der Waals surface area contributed by atoms with Crippen LogP contribution >= 0.6 is 38.6 Å². The summed E-state index contributed by atoms with van der Waals surface area (Å²) in [4.78, 5) is 0. The van der Waals surface area contributed by atoms with Crippen LogP contribution in [0.4, 0.5) is 0 Å². The summed E-state index contributed by atoms with van der Waals surface area (Å²) in [5.41, 5.74) is 0. The molecule has 0 spiro atoms. The molecule has 0 saturated carbocycles. The Morgan fingerprint density at radius 3 is 1.00 bits per heavy atom. The van der Waals surface area contributed by atoms with Gasteiger partial charge in [0.05, 0.1) is 0 Å². The third-order valence-electron chi connectivity index (χ3n) is 0. The van der Waals surface area contributed by atoms with Crippen molar-refractivity contribution in [2.75, 3.05) is 0 Å². The maximum absolute atomic E-state index is 4.99. The fraction of sp³-hybridized carbons (Fsp3) is 0. The molecule has 0 aliphatic heterocycles. The molecule has 0 bridgehead atoms. The first-order chi connectivity index (χ1) is 2.73. The number of hydrogen-bond donors (Lipinski definition) is 0. The van der Waals surface area contributed by atoms with Crippen molar-refractivity contribution in [3.05, 3.63) is 0 Å². The average Bonchev–Trinajstić information content (AvgIpc) is 1.41. The van der Waals surface area contributed by atoms with Crippen molar-refractivity contribution in [1.82, 2.24) is 0 Å². The molecule has 0 rings (SSSR count). The number of rotatable bonds is 0. The number of halogens is 4. The minimum absolute atomic E-state index is 1.16. The van der Waals surface area contributed by atoms with E-state index < -0.39 is 13.2 Å². The van der Waals surface area contributed by atoms with E-state index in [1.54, 1.807) is 0 Å². The summed E-state index contributed by atoms with van der Waals surface area (Å²) in [5.74, 6) is 0. The molecule has 0 atom stereocenters. The third kappa shape index (κ3) is 32.1. The van der Waals surface area contributed by atoms with Crippen molar-refractivity contribution in [3.8, 4) is 0 Å². The van der Waals surface area contributed by atoms with Crippen molar-refractivity contribution in [3.63, 3.8) is 0 Å². The Balaban J connectivity index is 0. The van der Waals surface area contributed by atoms with Crippen LogP contribution in [-0.4, -0.2) is 30.8 Å². The first-order valence-corrected chi connectivity index (χ1v) is 13.6. The maximum atomic E-state index is 4.99. The van der Waals surface area contributed by atoms with E-state index in [1.165, 1.54) is 0 Å². The van der Waals surface area contributed by atoms with Crippen LogP contribution in [-0.2, 0) is 0 Å². The van der Waals surface area contributed by atoms with Gasteiger partial charge in [0.2, 0.25) is 0 Å². The summed E-state index contributed by atoms with van der Waals surface area (Å²) in [6, 6.07) is 0. The SMILES string of the molecule is [Cl][Ga].[Cl][Ga]([Cl])[Cl]. The predicted molar refractivity (Wildman–Crippen MR) is 34.9 cm³/mol. The molecule has 0 nitrogen and oxygen atoms in total. The fourth-order valence-electron chi connectivity index (χ4n) is 0. The van der Waals surface area contributed by atoms with Gasteiger partial charge < -0.3 is 0 Å². The van der Waals surface area contributed by atoms with Gasteiger partial charge in [0, 0.05) is 0 Å². The molecule has 0 aromatic heterocycles. The van der Waals surface area contributed by atoms with E-state index in [-0.39, 0.29) is 0 Å². The van der Waals surface area contributed by atoms with Crippen molar-refractivity contribution >= 4 is 69.4 Å². The summed E-state index contributed by atoms with van der Waals surface area (Å²) < 4.78 is 0. The zero-order chi connectivity index (χ0) is 5.58. The Kier molecular flexibility index (Phi) is 19.6. The second-order valence-corrected chi connectivity index (χ2v) is 11.6. The summed E-state index contributed by atoms with van der Waals surface area (Å²) >= 11 is -0.903. The van der Waals surface area contributed by atoms with Crippen LogP contribution < -0.4 is 0 Å². The topological polar surface area (TPSA) is 0 Å². The molecule has 0 aliphatic carbocycles. The summed E-state index contributed by atoms with van der Waals surface area (Å²) in [6.07, 6.45) is 0. The van der Waals surface area contributed by atoms with Crippen LogP contribution in [0.3, 0.4) is 0 Å². The van der Waals surface area contributed by atoms with Crippen LogP contribution in [0.15, 0.2) is 0 Å². The van der Waals surface area contributed by atoms with Gasteiger partial charge in [0.25, 0.3) is 0 Å². The third-order valence-corrected chi connectivity index (χ3v) is 0. The summed E-state index contributed by atoms with van der Waals surface area (Å²) in [5, 5.41) is 0. The van der Waals surface area contributed by atoms with Gasteiger partial charge >= 0.3 is 69.4 Å². The first kappa shape index (κ1) is 11.3. The molecular formula is Cl4Ga2. The Morgan fingerprint density at radius 1 is 1.00 bits per heavy atom. The van der Waals surface area contributed by atoms with E-state index in [0.29, 0.717) is 0 Å². The van der Waals surface area contributed by atoms with Gasteiger partial charge in [-0.3, -0.25) is 0 Å². The van der Waals surface area contributed by atoms with Crippen LogP contribution in [0, 0.1) is 0 Å². The average molecular weight is 281 g/mol. The molecule has 6 heteroatoms. The monoisotopic (exact) mass is 278 g/mol. The molecule has 0 heterocycles. The molecule has 34 valence electrons. The van der Waals surface area contributed by atoms with Crippen LogP contribution in [0.5, 0.6) is 0 Å². The first-order valence-electron chi connectivity index (χ1n) is 0.873. The molecule has 2 radical (unpaired) electrons. The van der Waals surface area contributed by atoms with E-state index in [1.807, 2.05) is 0 Å². The predicted octanol–water partition coefficient (Wildman–Crippen LogP) is 2.00. The summed E-state index contributed by atoms with van der Waals surface area (Å²) in [6.45, 7) is 0. The van der Waals surface area contributed by atoms with Gasteiger partial charge in [-0.15, -0.1) is 0 Å². The van der Waals surface area contributed by atoms with E-state index in [4.69, 9.17) is 38.6 Å². The molecule has 0 fully saturated rings. The zero-order valence-electron chi connectivity index (χ0n) is 2.67. The van der Waals surface area contributed by atoms with E-state index in [9.17, 15) is 0 Å². The van der Waals surface area contributed by atoms with Crippen molar-refractivity contribution < 1.29 is 0 Å². The van der Waals surface area contributed by atoms with Gasteiger partial charge in [0.1, 0.15) is 0 Å². The van der Waals surface area contributed by atoms with Crippen LogP contribution in [0.2, 0.25) is 0 Å². The van der Waals surface area contributed by atoms with E-state index in [2.05, 4.69) is 0 Å². The molecule has 0 saturated heterocycles. The van der Waals surface area contributed by atoms with Gasteiger partial charge in [-0.25, -0.2) is 0 Å². The second kappa shape index (κ2) is 10.4. The Morgan fingerprint density at radius 2 is 1.00 bits per heavy atom. The van der Waals surface area contributed by atoms with Gasteiger partial charge in [-0.05, 0) is 0 Å². The van der Waals surface area contributed by atoms with Crippen molar-refractivity contribution in [1.29, 1.82) is 0 Å². The fourth-order valence-corrected chi connectivity index (χ4v) is 0. The normalized spacial score (nSPS) is 5.33. The zero-order valence-corrected chi connectivity index (χ0v) is 10.5. The minimum atomic E-state index is -2.06. The quantitative estimate of drug-likeness (QED) is 0.596. The molecule has 0 N–H and O–H groups in total. The number of hydrogen-bond acceptors (Lipinski definition) is 0. The van der Waals surface area contributed by atoms with Crippen LogP contribution in [0.25, 0.3) is 0 Å². The van der Waals surface area contributed by atoms with Gasteiger partial charge in [0.15, 0.2) is 0 Å². The van der Waals surface area contributed by atoms with E-state index >= 15 is 0 Å². The van der Waals surface area contributed by atoms with Gasteiger partial charge in [-0.2, -0.15) is 0 Å². The molecule has 0 aromatic carbocycles. The van der Waals surface area contributed by atoms with Crippen LogP contribution in [0.1, 0.15) is 0 Å². The summed E-state index contributed by atoms with van der Waals surface area (Å²) in [7, 11) is 19.7. The Bertz CT molecular complexity index is 10.3. The molecule has 0 amide bonds. The molecule has 6 heavy (non-hydrogen) atoms. The molecular weight excluding hydrogens is 281 g/mol. The Labute approximate surface area is 68.5 Å².